The number of nitro benzene ring substituents is 1. The number of anilines is 1. The highest BCUT2D eigenvalue weighted by Gasteiger charge is 2.16. The Labute approximate surface area is 149 Å². The first-order valence-corrected chi connectivity index (χ1v) is 8.36. The Morgan fingerprint density at radius 2 is 2.12 bits per heavy atom. The van der Waals surface area contributed by atoms with Crippen LogP contribution in [0.2, 0.25) is 0 Å². The molecule has 2 heterocycles. The van der Waals surface area contributed by atoms with Gasteiger partial charge in [0.1, 0.15) is 17.5 Å². The summed E-state index contributed by atoms with van der Waals surface area (Å²) in [5.74, 6) is 0.0982. The van der Waals surface area contributed by atoms with E-state index < -0.39 is 4.92 Å². The first kappa shape index (κ1) is 16.1. The number of pyridine rings is 1. The van der Waals surface area contributed by atoms with Gasteiger partial charge < -0.3 is 5.73 Å². The summed E-state index contributed by atoms with van der Waals surface area (Å²) < 4.78 is 0.902. The van der Waals surface area contributed by atoms with E-state index in [1.54, 1.807) is 18.2 Å². The fourth-order valence-corrected chi connectivity index (χ4v) is 3.71. The second kappa shape index (κ2) is 6.39. The molecular weight excluding hydrogens is 392 g/mol. The van der Waals surface area contributed by atoms with E-state index in [-0.39, 0.29) is 11.5 Å². The molecule has 6 nitrogen and oxygen atoms in total. The third kappa shape index (κ3) is 2.99. The lowest BCUT2D eigenvalue weighted by molar-refractivity contribution is -0.384. The van der Waals surface area contributed by atoms with Crippen molar-refractivity contribution >= 4 is 38.8 Å². The number of nitro groups is 1. The van der Waals surface area contributed by atoms with E-state index in [2.05, 4.69) is 27.0 Å². The molecule has 3 rings (SSSR count). The average molecular weight is 401 g/mol. The number of rotatable bonds is 3. The molecule has 1 aromatic carbocycles. The molecule has 0 aliphatic heterocycles. The van der Waals surface area contributed by atoms with Crippen LogP contribution in [0, 0.1) is 21.4 Å². The average Bonchev–Trinajstić information content (AvgIpc) is 3.00. The van der Waals surface area contributed by atoms with E-state index in [1.807, 2.05) is 11.4 Å². The van der Waals surface area contributed by atoms with Gasteiger partial charge in [-0.2, -0.15) is 5.26 Å². The molecule has 118 valence electrons. The van der Waals surface area contributed by atoms with Gasteiger partial charge in [0.05, 0.1) is 10.6 Å². The van der Waals surface area contributed by atoms with Gasteiger partial charge in [-0.05, 0) is 28.1 Å². The predicted molar refractivity (Wildman–Crippen MR) is 96.5 cm³/mol. The SMILES string of the molecule is N#Cc1c(-c2cc(Br)cs2)cc(-c2cccc([N+](=O)[O-])c2)nc1N. The van der Waals surface area contributed by atoms with E-state index >= 15 is 0 Å². The Hall–Kier alpha value is -2.76. The van der Waals surface area contributed by atoms with E-state index in [1.165, 1.54) is 23.5 Å². The number of nitrogens with zero attached hydrogens (tertiary/aromatic N) is 3. The molecule has 0 fully saturated rings. The molecule has 0 aliphatic carbocycles. The number of nitrogen functional groups attached to an aromatic ring is 1. The topological polar surface area (TPSA) is 106 Å². The molecule has 8 heteroatoms. The van der Waals surface area contributed by atoms with Crippen molar-refractivity contribution in [1.82, 2.24) is 4.98 Å². The Morgan fingerprint density at radius 1 is 1.33 bits per heavy atom. The molecule has 0 radical (unpaired) electrons. The summed E-state index contributed by atoms with van der Waals surface area (Å²) in [4.78, 5) is 15.6. The maximum Gasteiger partial charge on any atom is 0.270 e. The highest BCUT2D eigenvalue weighted by atomic mass is 79.9. The van der Waals surface area contributed by atoms with Gasteiger partial charge >= 0.3 is 0 Å². The highest BCUT2D eigenvalue weighted by molar-refractivity contribution is 9.10. The summed E-state index contributed by atoms with van der Waals surface area (Å²) in [7, 11) is 0. The van der Waals surface area contributed by atoms with Gasteiger partial charge in [-0.15, -0.1) is 11.3 Å². The summed E-state index contributed by atoms with van der Waals surface area (Å²) in [5, 5.41) is 22.2. The monoisotopic (exact) mass is 400 g/mol. The zero-order valence-corrected chi connectivity index (χ0v) is 14.5. The molecule has 3 aromatic rings. The van der Waals surface area contributed by atoms with E-state index in [0.717, 1.165) is 9.35 Å². The number of hydrogen-bond donors (Lipinski definition) is 1. The molecule has 0 aliphatic rings. The number of halogens is 1. The minimum Gasteiger partial charge on any atom is -0.383 e. The molecule has 0 unspecified atom stereocenters. The summed E-state index contributed by atoms with van der Waals surface area (Å²) in [6, 6.07) is 11.8. The van der Waals surface area contributed by atoms with Crippen molar-refractivity contribution in [2.45, 2.75) is 0 Å². The van der Waals surface area contributed by atoms with Gasteiger partial charge in [0.15, 0.2) is 0 Å². The van der Waals surface area contributed by atoms with Crippen molar-refractivity contribution < 1.29 is 4.92 Å². The lowest BCUT2D eigenvalue weighted by Gasteiger charge is -2.08. The zero-order chi connectivity index (χ0) is 17.3. The summed E-state index contributed by atoms with van der Waals surface area (Å²) in [6.45, 7) is 0. The van der Waals surface area contributed by atoms with Crippen LogP contribution in [0.25, 0.3) is 21.7 Å². The minimum atomic E-state index is -0.464. The van der Waals surface area contributed by atoms with Crippen LogP contribution in [-0.4, -0.2) is 9.91 Å². The Kier molecular flexibility index (Phi) is 4.29. The predicted octanol–water partition coefficient (Wildman–Crippen LogP) is 4.60. The maximum atomic E-state index is 11.0. The van der Waals surface area contributed by atoms with Crippen LogP contribution in [0.1, 0.15) is 5.56 Å². The minimum absolute atomic E-state index is 0.0300. The second-order valence-electron chi connectivity index (χ2n) is 4.86. The van der Waals surface area contributed by atoms with Crippen LogP contribution in [0.3, 0.4) is 0 Å². The first-order chi connectivity index (χ1) is 11.5. The molecule has 0 amide bonds. The van der Waals surface area contributed by atoms with Crippen LogP contribution in [0.4, 0.5) is 11.5 Å². The molecule has 2 N–H and O–H groups in total. The number of aromatic nitrogens is 1. The number of non-ortho nitro benzene ring substituents is 1. The molecule has 0 saturated heterocycles. The van der Waals surface area contributed by atoms with Crippen LogP contribution in [-0.2, 0) is 0 Å². The molecule has 0 bridgehead atoms. The highest BCUT2D eigenvalue weighted by Crippen LogP contribution is 2.36. The molecule has 0 saturated carbocycles. The number of hydrogen-bond acceptors (Lipinski definition) is 6. The molecule has 0 spiro atoms. The van der Waals surface area contributed by atoms with E-state index in [4.69, 9.17) is 5.73 Å². The maximum absolute atomic E-state index is 11.0. The largest absolute Gasteiger partial charge is 0.383 e. The van der Waals surface area contributed by atoms with Gasteiger partial charge in [-0.25, -0.2) is 4.98 Å². The number of benzene rings is 1. The number of thiophene rings is 1. The van der Waals surface area contributed by atoms with E-state index in [0.29, 0.717) is 22.4 Å². The van der Waals surface area contributed by atoms with Gasteiger partial charge in [0, 0.05) is 38.0 Å². The van der Waals surface area contributed by atoms with Crippen LogP contribution >= 0.6 is 27.3 Å². The summed E-state index contributed by atoms with van der Waals surface area (Å²) in [5.41, 5.74) is 7.90. The normalized spacial score (nSPS) is 10.3. The van der Waals surface area contributed by atoms with Gasteiger partial charge in [-0.1, -0.05) is 12.1 Å². The third-order valence-corrected chi connectivity index (χ3v) is 5.07. The second-order valence-corrected chi connectivity index (χ2v) is 6.69. The Morgan fingerprint density at radius 3 is 2.75 bits per heavy atom. The fraction of sp³-hybridized carbons (Fsp3) is 0. The van der Waals surface area contributed by atoms with Crippen LogP contribution in [0.5, 0.6) is 0 Å². The van der Waals surface area contributed by atoms with Gasteiger partial charge in [-0.3, -0.25) is 10.1 Å². The molecule has 24 heavy (non-hydrogen) atoms. The van der Waals surface area contributed by atoms with Crippen molar-refractivity contribution in [2.75, 3.05) is 5.73 Å². The summed E-state index contributed by atoms with van der Waals surface area (Å²) in [6.07, 6.45) is 0. The van der Waals surface area contributed by atoms with Gasteiger partial charge in [0.2, 0.25) is 0 Å². The summed E-state index contributed by atoms with van der Waals surface area (Å²) >= 11 is 4.85. The smallest absolute Gasteiger partial charge is 0.270 e. The molecular formula is C16H9BrN4O2S. The lowest BCUT2D eigenvalue weighted by atomic mass is 10.0. The van der Waals surface area contributed by atoms with Crippen molar-refractivity contribution in [2.24, 2.45) is 0 Å². The molecule has 2 aromatic heterocycles. The van der Waals surface area contributed by atoms with Gasteiger partial charge in [0.25, 0.3) is 5.69 Å². The van der Waals surface area contributed by atoms with Crippen molar-refractivity contribution in [3.05, 3.63) is 61.9 Å². The fourth-order valence-electron chi connectivity index (χ4n) is 2.26. The Bertz CT molecular complexity index is 994. The van der Waals surface area contributed by atoms with Crippen molar-refractivity contribution in [1.29, 1.82) is 5.26 Å². The van der Waals surface area contributed by atoms with Crippen LogP contribution < -0.4 is 5.73 Å². The zero-order valence-electron chi connectivity index (χ0n) is 12.1. The third-order valence-electron chi connectivity index (χ3n) is 3.34. The van der Waals surface area contributed by atoms with Crippen molar-refractivity contribution in [3.63, 3.8) is 0 Å². The molecule has 0 atom stereocenters. The lowest BCUT2D eigenvalue weighted by Crippen LogP contribution is -1.99. The van der Waals surface area contributed by atoms with Crippen molar-refractivity contribution in [3.8, 4) is 27.8 Å². The first-order valence-electron chi connectivity index (χ1n) is 6.69. The quantitative estimate of drug-likeness (QED) is 0.510. The Balaban J connectivity index is 2.21. The van der Waals surface area contributed by atoms with E-state index in [9.17, 15) is 15.4 Å². The number of nitriles is 1. The number of nitrogens with two attached hydrogens (primary N) is 1. The standard InChI is InChI=1S/C16H9BrN4O2S/c17-10-5-15(24-8-10)12-6-14(20-16(19)13(12)7-18)9-2-1-3-11(4-9)21(22)23/h1-6,8H,(H2,19,20). The van der Waals surface area contributed by atoms with Crippen LogP contribution in [0.15, 0.2) is 46.3 Å².